The number of methoxy groups -OCH3 is 1. The number of anilines is 1. The van der Waals surface area contributed by atoms with E-state index in [1.807, 2.05) is 0 Å². The molecule has 38 heavy (non-hydrogen) atoms. The van der Waals surface area contributed by atoms with Crippen LogP contribution in [0, 0.1) is 0 Å². The van der Waals surface area contributed by atoms with E-state index in [0.29, 0.717) is 17.7 Å². The Hall–Kier alpha value is -3.17. The Bertz CT molecular complexity index is 1360. The van der Waals surface area contributed by atoms with Crippen molar-refractivity contribution in [3.05, 3.63) is 91.3 Å². The van der Waals surface area contributed by atoms with Crippen LogP contribution in [0.2, 0.25) is 10.0 Å². The fraction of sp³-hybridized carbons (Fsp3) is 0.333. The number of carbonyl (C=O) groups is 1. The van der Waals surface area contributed by atoms with Crippen LogP contribution in [0.3, 0.4) is 0 Å². The van der Waals surface area contributed by atoms with Crippen molar-refractivity contribution in [3.63, 3.8) is 0 Å². The van der Waals surface area contributed by atoms with Crippen LogP contribution in [-0.2, 0) is 30.4 Å². The fourth-order valence-corrected chi connectivity index (χ4v) is 4.15. The Kier molecular flexibility index (Phi) is 9.05. The summed E-state index contributed by atoms with van der Waals surface area (Å²) in [4.78, 5) is 25.1. The van der Waals surface area contributed by atoms with E-state index in [0.717, 1.165) is 17.7 Å². The SMILES string of the molecule is COc1cc(NCc2c(Cl)cc(Cl)c(=O)n2CCc2ccc(C(=O)OC(C)(C)C)cc2)cc(C(F)(F)F)c1. The number of hydrogen-bond acceptors (Lipinski definition) is 5. The molecule has 0 saturated heterocycles. The molecule has 0 radical (unpaired) electrons. The average Bonchev–Trinajstić information content (AvgIpc) is 2.83. The van der Waals surface area contributed by atoms with Gasteiger partial charge in [0.25, 0.3) is 5.56 Å². The van der Waals surface area contributed by atoms with E-state index >= 15 is 0 Å². The van der Waals surface area contributed by atoms with Crippen molar-refractivity contribution in [1.82, 2.24) is 4.57 Å². The van der Waals surface area contributed by atoms with Gasteiger partial charge in [-0.25, -0.2) is 4.79 Å². The van der Waals surface area contributed by atoms with Gasteiger partial charge in [0.05, 0.1) is 35.5 Å². The Morgan fingerprint density at radius 3 is 2.24 bits per heavy atom. The lowest BCUT2D eigenvalue weighted by Crippen LogP contribution is -2.26. The van der Waals surface area contributed by atoms with E-state index in [9.17, 15) is 22.8 Å². The van der Waals surface area contributed by atoms with Gasteiger partial charge >= 0.3 is 12.1 Å². The average molecular weight is 571 g/mol. The van der Waals surface area contributed by atoms with Gasteiger partial charge in [-0.15, -0.1) is 0 Å². The highest BCUT2D eigenvalue weighted by molar-refractivity contribution is 6.34. The quantitative estimate of drug-likeness (QED) is 0.295. The highest BCUT2D eigenvalue weighted by Gasteiger charge is 2.31. The van der Waals surface area contributed by atoms with Crippen LogP contribution < -0.4 is 15.6 Å². The molecule has 0 bridgehead atoms. The highest BCUT2D eigenvalue weighted by Crippen LogP contribution is 2.34. The van der Waals surface area contributed by atoms with Crippen LogP contribution in [0.1, 0.15) is 48.0 Å². The van der Waals surface area contributed by atoms with Crippen molar-refractivity contribution in [1.29, 1.82) is 0 Å². The Morgan fingerprint density at radius 2 is 1.66 bits per heavy atom. The van der Waals surface area contributed by atoms with Crippen molar-refractivity contribution < 1.29 is 27.4 Å². The number of alkyl halides is 3. The molecule has 0 aliphatic carbocycles. The molecule has 0 spiro atoms. The first-order valence-electron chi connectivity index (χ1n) is 11.6. The van der Waals surface area contributed by atoms with E-state index in [2.05, 4.69) is 5.32 Å². The minimum Gasteiger partial charge on any atom is -0.497 e. The van der Waals surface area contributed by atoms with Gasteiger partial charge in [0, 0.05) is 18.3 Å². The number of nitrogens with one attached hydrogen (secondary N) is 1. The summed E-state index contributed by atoms with van der Waals surface area (Å²) in [5, 5.41) is 2.99. The van der Waals surface area contributed by atoms with Gasteiger partial charge in [0.2, 0.25) is 0 Å². The zero-order chi connectivity index (χ0) is 28.3. The Labute approximate surface area is 228 Å². The molecular formula is C27H27Cl2F3N2O4. The molecule has 6 nitrogen and oxygen atoms in total. The normalized spacial score (nSPS) is 11.8. The third kappa shape index (κ3) is 7.68. The molecule has 0 aliphatic rings. The number of hydrogen-bond donors (Lipinski definition) is 1. The number of rotatable bonds is 8. The van der Waals surface area contributed by atoms with Crippen molar-refractivity contribution in [2.75, 3.05) is 12.4 Å². The Morgan fingerprint density at radius 1 is 1.00 bits per heavy atom. The van der Waals surface area contributed by atoms with Crippen molar-refractivity contribution in [3.8, 4) is 5.75 Å². The largest absolute Gasteiger partial charge is 0.497 e. The lowest BCUT2D eigenvalue weighted by Gasteiger charge is -2.19. The number of nitrogens with zero attached hydrogens (tertiary/aromatic N) is 1. The van der Waals surface area contributed by atoms with Gasteiger partial charge in [-0.2, -0.15) is 13.2 Å². The number of halogens is 5. The summed E-state index contributed by atoms with van der Waals surface area (Å²) in [6, 6.07) is 11.3. The van der Waals surface area contributed by atoms with Crippen LogP contribution in [0.5, 0.6) is 5.75 Å². The van der Waals surface area contributed by atoms with Gasteiger partial charge in [-0.3, -0.25) is 4.79 Å². The minimum atomic E-state index is -4.57. The monoisotopic (exact) mass is 570 g/mol. The molecule has 1 aromatic heterocycles. The summed E-state index contributed by atoms with van der Waals surface area (Å²) in [7, 11) is 1.27. The highest BCUT2D eigenvalue weighted by atomic mass is 35.5. The van der Waals surface area contributed by atoms with Gasteiger partial charge in [-0.05, 0) is 63.1 Å². The molecule has 1 heterocycles. The maximum absolute atomic E-state index is 13.3. The lowest BCUT2D eigenvalue weighted by molar-refractivity contribution is -0.137. The third-order valence-corrected chi connectivity index (χ3v) is 6.04. The fourth-order valence-electron chi connectivity index (χ4n) is 3.61. The maximum Gasteiger partial charge on any atom is 0.416 e. The van der Waals surface area contributed by atoms with Gasteiger partial charge < -0.3 is 19.4 Å². The summed E-state index contributed by atoms with van der Waals surface area (Å²) in [6.07, 6.45) is -4.17. The van der Waals surface area contributed by atoms with E-state index in [-0.39, 0.29) is 34.6 Å². The first-order valence-corrected chi connectivity index (χ1v) is 12.3. The predicted molar refractivity (Wildman–Crippen MR) is 141 cm³/mol. The second-order valence-corrected chi connectivity index (χ2v) is 10.3. The zero-order valence-electron chi connectivity index (χ0n) is 21.2. The summed E-state index contributed by atoms with van der Waals surface area (Å²) >= 11 is 12.5. The van der Waals surface area contributed by atoms with Crippen LogP contribution in [0.25, 0.3) is 0 Å². The van der Waals surface area contributed by atoms with Crippen LogP contribution in [0.4, 0.5) is 18.9 Å². The minimum absolute atomic E-state index is 0.0248. The van der Waals surface area contributed by atoms with E-state index in [1.54, 1.807) is 45.0 Å². The number of carbonyl (C=O) groups excluding carboxylic acids is 1. The molecule has 0 fully saturated rings. The van der Waals surface area contributed by atoms with Crippen molar-refractivity contribution in [2.24, 2.45) is 0 Å². The molecule has 2 aromatic carbocycles. The number of aromatic nitrogens is 1. The molecular weight excluding hydrogens is 544 g/mol. The summed E-state index contributed by atoms with van der Waals surface area (Å²) in [6.45, 7) is 5.48. The molecule has 3 rings (SSSR count). The Balaban J connectivity index is 1.81. The topological polar surface area (TPSA) is 69.6 Å². The molecule has 0 aliphatic heterocycles. The lowest BCUT2D eigenvalue weighted by atomic mass is 10.1. The number of pyridine rings is 1. The standard InChI is InChI=1S/C27H27Cl2F3N2O4/c1-26(2,3)38-25(36)17-7-5-16(6-8-17)9-10-34-23(21(28)14-22(29)24(34)35)15-33-19-11-18(27(30,31)32)12-20(13-19)37-4/h5-8,11-14,33H,9-10,15H2,1-4H3. The maximum atomic E-state index is 13.3. The predicted octanol–water partition coefficient (Wildman–Crippen LogP) is 6.99. The second kappa shape index (κ2) is 11.7. The molecule has 0 atom stereocenters. The van der Waals surface area contributed by atoms with Crippen molar-refractivity contribution >= 4 is 34.9 Å². The van der Waals surface area contributed by atoms with Crippen LogP contribution in [-0.4, -0.2) is 23.2 Å². The van der Waals surface area contributed by atoms with Crippen LogP contribution in [0.15, 0.2) is 53.3 Å². The molecule has 1 N–H and O–H groups in total. The summed E-state index contributed by atoms with van der Waals surface area (Å²) in [5.41, 5.74) is -0.266. The first-order chi connectivity index (χ1) is 17.7. The van der Waals surface area contributed by atoms with Gasteiger partial charge in [0.15, 0.2) is 0 Å². The van der Waals surface area contributed by atoms with E-state index in [1.165, 1.54) is 23.8 Å². The smallest absolute Gasteiger partial charge is 0.416 e. The first kappa shape index (κ1) is 29.4. The number of esters is 1. The van der Waals surface area contributed by atoms with E-state index < -0.39 is 28.9 Å². The third-order valence-electron chi connectivity index (χ3n) is 5.45. The molecule has 0 amide bonds. The molecule has 204 valence electrons. The summed E-state index contributed by atoms with van der Waals surface area (Å²) in [5.74, 6) is -0.418. The zero-order valence-corrected chi connectivity index (χ0v) is 22.7. The molecule has 3 aromatic rings. The van der Waals surface area contributed by atoms with Crippen LogP contribution >= 0.6 is 23.2 Å². The van der Waals surface area contributed by atoms with Gasteiger partial charge in [-0.1, -0.05) is 35.3 Å². The summed E-state index contributed by atoms with van der Waals surface area (Å²) < 4.78 is 51.6. The molecule has 0 saturated carbocycles. The molecule has 11 heteroatoms. The number of benzene rings is 2. The number of aryl methyl sites for hydroxylation is 1. The van der Waals surface area contributed by atoms with Gasteiger partial charge in [0.1, 0.15) is 16.4 Å². The van der Waals surface area contributed by atoms with Crippen molar-refractivity contribution in [2.45, 2.75) is 52.1 Å². The second-order valence-electron chi connectivity index (χ2n) is 9.49. The van der Waals surface area contributed by atoms with E-state index in [4.69, 9.17) is 32.7 Å². The number of ether oxygens (including phenoxy) is 2. The molecule has 0 unspecified atom stereocenters.